The minimum absolute atomic E-state index is 0.0922. The molecule has 2 saturated carbocycles. The Morgan fingerprint density at radius 3 is 2.32 bits per heavy atom. The lowest BCUT2D eigenvalue weighted by Gasteiger charge is -2.38. The van der Waals surface area contributed by atoms with E-state index in [1.54, 1.807) is 18.2 Å². The van der Waals surface area contributed by atoms with Crippen LogP contribution in [0.25, 0.3) is 0 Å². The van der Waals surface area contributed by atoms with Gasteiger partial charge >= 0.3 is 0 Å². The summed E-state index contributed by atoms with van der Waals surface area (Å²) in [5.74, 6) is 0.110. The molecule has 5 heteroatoms. The zero-order valence-electron chi connectivity index (χ0n) is 12.9. The molecule has 22 heavy (non-hydrogen) atoms. The molecular weight excluding hydrogens is 321 g/mol. The number of fused-ring (bicyclic) bond motifs is 2. The van der Waals surface area contributed by atoms with E-state index in [1.165, 1.54) is 0 Å². The van der Waals surface area contributed by atoms with Gasteiger partial charge in [-0.25, -0.2) is 0 Å². The molecule has 2 bridgehead atoms. The van der Waals surface area contributed by atoms with Crippen molar-refractivity contribution in [2.75, 3.05) is 5.32 Å². The number of anilines is 1. The van der Waals surface area contributed by atoms with E-state index < -0.39 is 10.8 Å². The lowest BCUT2D eigenvalue weighted by atomic mass is 9.64. The van der Waals surface area contributed by atoms with Gasteiger partial charge in [-0.15, -0.1) is 0 Å². The smallest absolute Gasteiger partial charge is 0.231 e. The Labute approximate surface area is 140 Å². The second-order valence-corrected chi connectivity index (χ2v) is 8.04. The Kier molecular flexibility index (Phi) is 3.39. The molecule has 0 spiro atoms. The van der Waals surface area contributed by atoms with Gasteiger partial charge in [-0.05, 0) is 36.5 Å². The van der Waals surface area contributed by atoms with Gasteiger partial charge in [-0.3, -0.25) is 9.59 Å². The Morgan fingerprint density at radius 1 is 1.14 bits per heavy atom. The SMILES string of the molecule is CC1(C)[C@@]2(C(=O)Nc3ccc(Cl)c(Cl)c3)CC[C@]1(C)C(=O)C2. The Balaban J connectivity index is 1.92. The van der Waals surface area contributed by atoms with Crippen LogP contribution < -0.4 is 5.32 Å². The van der Waals surface area contributed by atoms with Crippen molar-refractivity contribution in [2.45, 2.75) is 40.0 Å². The van der Waals surface area contributed by atoms with Gasteiger partial charge in [0.05, 0.1) is 15.5 Å². The molecule has 2 aliphatic carbocycles. The summed E-state index contributed by atoms with van der Waals surface area (Å²) in [6.45, 7) is 6.08. The largest absolute Gasteiger partial charge is 0.326 e. The number of nitrogens with one attached hydrogen (secondary N) is 1. The standard InChI is InChI=1S/C17H19Cl2NO2/c1-15(2)16(3)6-7-17(15,9-13(16)21)14(22)20-10-4-5-11(18)12(19)8-10/h4-5,8H,6-7,9H2,1-3H3,(H,20,22)/t16-,17+/m1/s1. The third-order valence-corrected chi connectivity index (χ3v) is 7.06. The Morgan fingerprint density at radius 2 is 1.82 bits per heavy atom. The minimum atomic E-state index is -0.634. The maximum Gasteiger partial charge on any atom is 0.231 e. The highest BCUT2D eigenvalue weighted by Gasteiger charge is 2.72. The summed E-state index contributed by atoms with van der Waals surface area (Å²) in [5, 5.41) is 3.77. The van der Waals surface area contributed by atoms with Crippen LogP contribution in [0.4, 0.5) is 5.69 Å². The zero-order chi connectivity index (χ0) is 16.3. The van der Waals surface area contributed by atoms with Crippen molar-refractivity contribution >= 4 is 40.6 Å². The van der Waals surface area contributed by atoms with E-state index in [0.717, 1.165) is 12.8 Å². The number of carbonyl (C=O) groups is 2. The average molecular weight is 340 g/mol. The third kappa shape index (κ3) is 1.82. The second kappa shape index (κ2) is 4.72. The predicted molar refractivity (Wildman–Crippen MR) is 88.3 cm³/mol. The molecule has 2 fully saturated rings. The zero-order valence-corrected chi connectivity index (χ0v) is 14.4. The maximum atomic E-state index is 13.0. The Bertz CT molecular complexity index is 685. The molecule has 1 aromatic carbocycles. The number of Topliss-reactive ketones (excluding diaryl/α,β-unsaturated/α-hetero) is 1. The molecule has 0 aliphatic heterocycles. The summed E-state index contributed by atoms with van der Waals surface area (Å²) >= 11 is 11.9. The van der Waals surface area contributed by atoms with Gasteiger partial charge < -0.3 is 5.32 Å². The summed E-state index contributed by atoms with van der Waals surface area (Å²) < 4.78 is 0. The number of ketones is 1. The van der Waals surface area contributed by atoms with E-state index in [9.17, 15) is 9.59 Å². The summed E-state index contributed by atoms with van der Waals surface area (Å²) in [5.41, 5.74) is -0.776. The minimum Gasteiger partial charge on any atom is -0.326 e. The average Bonchev–Trinajstić information content (AvgIpc) is 2.73. The number of hydrogen-bond donors (Lipinski definition) is 1. The van der Waals surface area contributed by atoms with Crippen LogP contribution in [0.5, 0.6) is 0 Å². The Hall–Kier alpha value is -1.06. The van der Waals surface area contributed by atoms with Crippen LogP contribution in [0, 0.1) is 16.2 Å². The van der Waals surface area contributed by atoms with Crippen molar-refractivity contribution in [2.24, 2.45) is 16.2 Å². The molecule has 118 valence electrons. The van der Waals surface area contributed by atoms with Crippen LogP contribution in [0.1, 0.15) is 40.0 Å². The monoisotopic (exact) mass is 339 g/mol. The van der Waals surface area contributed by atoms with Crippen LogP contribution in [-0.2, 0) is 9.59 Å². The van der Waals surface area contributed by atoms with Gasteiger partial charge in [0.15, 0.2) is 0 Å². The van der Waals surface area contributed by atoms with Crippen molar-refractivity contribution in [1.82, 2.24) is 0 Å². The summed E-state index contributed by atoms with van der Waals surface area (Å²) in [7, 11) is 0. The highest BCUT2D eigenvalue weighted by Crippen LogP contribution is 2.70. The quantitative estimate of drug-likeness (QED) is 0.847. The third-order valence-electron chi connectivity index (χ3n) is 6.32. The number of carbonyl (C=O) groups excluding carboxylic acids is 2. The fourth-order valence-electron chi connectivity index (χ4n) is 4.19. The fraction of sp³-hybridized carbons (Fsp3) is 0.529. The van der Waals surface area contributed by atoms with E-state index >= 15 is 0 Å². The van der Waals surface area contributed by atoms with E-state index in [-0.39, 0.29) is 17.1 Å². The molecule has 0 aromatic heterocycles. The van der Waals surface area contributed by atoms with Crippen molar-refractivity contribution in [1.29, 1.82) is 0 Å². The lowest BCUT2D eigenvalue weighted by Crippen LogP contribution is -2.43. The highest BCUT2D eigenvalue weighted by molar-refractivity contribution is 6.42. The molecule has 2 aliphatic rings. The van der Waals surface area contributed by atoms with Gasteiger partial charge in [0.25, 0.3) is 0 Å². The molecule has 0 saturated heterocycles. The van der Waals surface area contributed by atoms with E-state index in [2.05, 4.69) is 5.32 Å². The van der Waals surface area contributed by atoms with Crippen LogP contribution in [0.2, 0.25) is 10.0 Å². The van der Waals surface area contributed by atoms with E-state index in [4.69, 9.17) is 23.2 Å². The van der Waals surface area contributed by atoms with Gasteiger partial charge in [0, 0.05) is 17.5 Å². The van der Waals surface area contributed by atoms with Crippen molar-refractivity contribution < 1.29 is 9.59 Å². The molecule has 1 aromatic rings. The molecule has 1 N–H and O–H groups in total. The molecule has 0 unspecified atom stereocenters. The molecule has 2 atom stereocenters. The fourth-order valence-corrected chi connectivity index (χ4v) is 4.48. The first-order valence-electron chi connectivity index (χ1n) is 7.44. The number of hydrogen-bond acceptors (Lipinski definition) is 2. The van der Waals surface area contributed by atoms with Gasteiger partial charge in [0.2, 0.25) is 5.91 Å². The van der Waals surface area contributed by atoms with Crippen LogP contribution >= 0.6 is 23.2 Å². The summed E-state index contributed by atoms with van der Waals surface area (Å²) in [6, 6.07) is 5.01. The number of rotatable bonds is 2. The van der Waals surface area contributed by atoms with Crippen molar-refractivity contribution in [3.63, 3.8) is 0 Å². The van der Waals surface area contributed by atoms with Crippen LogP contribution in [-0.4, -0.2) is 11.7 Å². The first-order valence-corrected chi connectivity index (χ1v) is 8.19. The topological polar surface area (TPSA) is 46.2 Å². The van der Waals surface area contributed by atoms with Crippen LogP contribution in [0.15, 0.2) is 18.2 Å². The normalized spacial score (nSPS) is 32.3. The molecule has 3 nitrogen and oxygen atoms in total. The molecule has 3 rings (SSSR count). The lowest BCUT2D eigenvalue weighted by molar-refractivity contribution is -0.131. The van der Waals surface area contributed by atoms with Crippen molar-refractivity contribution in [3.05, 3.63) is 28.2 Å². The number of halogens is 2. The van der Waals surface area contributed by atoms with Crippen LogP contribution in [0.3, 0.4) is 0 Å². The van der Waals surface area contributed by atoms with Gasteiger partial charge in [-0.2, -0.15) is 0 Å². The molecule has 0 radical (unpaired) electrons. The van der Waals surface area contributed by atoms with Gasteiger partial charge in [0.1, 0.15) is 5.78 Å². The summed E-state index contributed by atoms with van der Waals surface area (Å²) in [6.07, 6.45) is 1.84. The predicted octanol–water partition coefficient (Wildman–Crippen LogP) is 4.72. The number of amides is 1. The molecular formula is C17H19Cl2NO2. The molecule has 0 heterocycles. The first-order chi connectivity index (χ1) is 10.1. The van der Waals surface area contributed by atoms with E-state index in [1.807, 2.05) is 20.8 Å². The van der Waals surface area contributed by atoms with Gasteiger partial charge in [-0.1, -0.05) is 44.0 Å². The second-order valence-electron chi connectivity index (χ2n) is 7.22. The van der Waals surface area contributed by atoms with E-state index in [0.29, 0.717) is 22.2 Å². The summed E-state index contributed by atoms with van der Waals surface area (Å²) in [4.78, 5) is 25.4. The molecule has 1 amide bonds. The number of benzene rings is 1. The maximum absolute atomic E-state index is 13.0. The first kappa shape index (κ1) is 15.8. The highest BCUT2D eigenvalue weighted by atomic mass is 35.5. The van der Waals surface area contributed by atoms with Crippen molar-refractivity contribution in [3.8, 4) is 0 Å².